The number of benzene rings is 1. The Morgan fingerprint density at radius 2 is 2.00 bits per heavy atom. The van der Waals surface area contributed by atoms with E-state index in [2.05, 4.69) is 0 Å². The van der Waals surface area contributed by atoms with Gasteiger partial charge in [0.15, 0.2) is 0 Å². The molecule has 0 amide bonds. The lowest BCUT2D eigenvalue weighted by molar-refractivity contribution is -0.138. The van der Waals surface area contributed by atoms with Gasteiger partial charge in [-0.15, -0.1) is 0 Å². The van der Waals surface area contributed by atoms with Crippen LogP contribution in [0.4, 0.5) is 0 Å². The van der Waals surface area contributed by atoms with E-state index in [4.69, 9.17) is 5.73 Å². The molecule has 0 saturated heterocycles. The van der Waals surface area contributed by atoms with Crippen molar-refractivity contribution in [2.75, 3.05) is 11.5 Å². The van der Waals surface area contributed by atoms with E-state index < -0.39 is 11.9 Å². The van der Waals surface area contributed by atoms with Crippen LogP contribution in [0.5, 0.6) is 0 Å². The Balaban J connectivity index is 2.54. The van der Waals surface area contributed by atoms with Crippen molar-refractivity contribution in [2.45, 2.75) is 25.3 Å². The van der Waals surface area contributed by atoms with Crippen molar-refractivity contribution in [1.82, 2.24) is 0 Å². The topological polar surface area (TPSA) is 63.3 Å². The lowest BCUT2D eigenvalue weighted by Crippen LogP contribution is -2.23. The largest absolute Gasteiger partial charge is 0.481 e. The number of thioether (sulfide) groups is 1. The molecule has 3 nitrogen and oxygen atoms in total. The van der Waals surface area contributed by atoms with Gasteiger partial charge in [-0.25, -0.2) is 0 Å². The zero-order valence-corrected chi connectivity index (χ0v) is 10.8. The van der Waals surface area contributed by atoms with Crippen molar-refractivity contribution >= 4 is 17.7 Å². The van der Waals surface area contributed by atoms with Gasteiger partial charge in [0.2, 0.25) is 0 Å². The minimum absolute atomic E-state index is 0.158. The summed E-state index contributed by atoms with van der Waals surface area (Å²) in [4.78, 5) is 11.2. The molecular formula is C13H19NO2S. The number of aliphatic carboxylic acids is 1. The van der Waals surface area contributed by atoms with Crippen LogP contribution in [0.3, 0.4) is 0 Å². The average Bonchev–Trinajstić information content (AvgIpc) is 2.34. The highest BCUT2D eigenvalue weighted by molar-refractivity contribution is 7.99. The Morgan fingerprint density at radius 3 is 2.53 bits per heavy atom. The van der Waals surface area contributed by atoms with E-state index >= 15 is 0 Å². The number of nitrogens with two attached hydrogens (primary N) is 1. The van der Waals surface area contributed by atoms with Gasteiger partial charge < -0.3 is 10.8 Å². The first-order valence-corrected chi connectivity index (χ1v) is 6.91. The maximum atomic E-state index is 11.2. The van der Waals surface area contributed by atoms with Gasteiger partial charge >= 0.3 is 5.97 Å². The van der Waals surface area contributed by atoms with Gasteiger partial charge in [0.05, 0.1) is 5.92 Å². The number of carbonyl (C=O) groups is 1. The Labute approximate surface area is 106 Å². The van der Waals surface area contributed by atoms with Crippen LogP contribution >= 0.6 is 11.8 Å². The van der Waals surface area contributed by atoms with E-state index in [9.17, 15) is 9.90 Å². The van der Waals surface area contributed by atoms with E-state index in [1.165, 1.54) is 0 Å². The van der Waals surface area contributed by atoms with Gasteiger partial charge in [-0.1, -0.05) is 37.3 Å². The molecule has 0 saturated carbocycles. The number of carboxylic acid groups (broad SMARTS) is 1. The van der Waals surface area contributed by atoms with Crippen LogP contribution in [0.2, 0.25) is 0 Å². The Bertz CT molecular complexity index is 343. The van der Waals surface area contributed by atoms with E-state index in [0.717, 1.165) is 17.7 Å². The van der Waals surface area contributed by atoms with Crippen LogP contribution in [-0.2, 0) is 4.79 Å². The lowest BCUT2D eigenvalue weighted by Gasteiger charge is -2.14. The molecule has 1 aromatic rings. The molecule has 94 valence electrons. The van der Waals surface area contributed by atoms with Crippen LogP contribution in [0.1, 0.15) is 24.8 Å². The second-order valence-corrected chi connectivity index (χ2v) is 5.08. The summed E-state index contributed by atoms with van der Waals surface area (Å²) >= 11 is 1.61. The average molecular weight is 253 g/mol. The number of hydrogen-bond acceptors (Lipinski definition) is 3. The molecule has 2 atom stereocenters. The summed E-state index contributed by atoms with van der Waals surface area (Å²) in [5.41, 5.74) is 6.66. The van der Waals surface area contributed by atoms with Gasteiger partial charge in [0, 0.05) is 17.5 Å². The van der Waals surface area contributed by atoms with Crippen molar-refractivity contribution in [3.63, 3.8) is 0 Å². The minimum Gasteiger partial charge on any atom is -0.481 e. The monoisotopic (exact) mass is 253 g/mol. The standard InChI is InChI=1S/C13H19NO2S/c1-2-11(14)8-17-9-12(13(15)16)10-6-4-3-5-7-10/h3-7,11-12H,2,8-9,14H2,1H3,(H,15,16). The molecule has 0 heterocycles. The molecular weight excluding hydrogens is 234 g/mol. The van der Waals surface area contributed by atoms with Gasteiger partial charge in [-0.05, 0) is 12.0 Å². The van der Waals surface area contributed by atoms with Crippen molar-refractivity contribution in [2.24, 2.45) is 5.73 Å². The molecule has 0 aliphatic carbocycles. The fourth-order valence-electron chi connectivity index (χ4n) is 1.45. The first kappa shape index (κ1) is 14.1. The van der Waals surface area contributed by atoms with Crippen molar-refractivity contribution in [3.05, 3.63) is 35.9 Å². The number of rotatable bonds is 7. The maximum Gasteiger partial charge on any atom is 0.311 e. The molecule has 0 bridgehead atoms. The second kappa shape index (κ2) is 7.35. The molecule has 0 fully saturated rings. The third-order valence-corrected chi connectivity index (χ3v) is 3.87. The Kier molecular flexibility index (Phi) is 6.08. The molecule has 3 N–H and O–H groups in total. The predicted molar refractivity (Wildman–Crippen MR) is 72.4 cm³/mol. The van der Waals surface area contributed by atoms with Crippen LogP contribution in [0.25, 0.3) is 0 Å². The third kappa shape index (κ3) is 4.79. The fraction of sp³-hybridized carbons (Fsp3) is 0.462. The van der Waals surface area contributed by atoms with Gasteiger partial charge in [0.1, 0.15) is 0 Å². The minimum atomic E-state index is -0.770. The summed E-state index contributed by atoms with van der Waals surface area (Å²) in [7, 11) is 0. The highest BCUT2D eigenvalue weighted by Gasteiger charge is 2.19. The molecule has 1 aromatic carbocycles. The highest BCUT2D eigenvalue weighted by Crippen LogP contribution is 2.21. The van der Waals surface area contributed by atoms with E-state index in [1.807, 2.05) is 37.3 Å². The molecule has 0 aromatic heterocycles. The summed E-state index contributed by atoms with van der Waals surface area (Å²) in [6.45, 7) is 2.04. The second-order valence-electron chi connectivity index (χ2n) is 4.01. The van der Waals surface area contributed by atoms with E-state index in [-0.39, 0.29) is 6.04 Å². The summed E-state index contributed by atoms with van der Waals surface area (Å²) in [5.74, 6) is 0.180. The van der Waals surface area contributed by atoms with E-state index in [0.29, 0.717) is 5.75 Å². The third-order valence-electron chi connectivity index (χ3n) is 2.64. The van der Waals surface area contributed by atoms with Gasteiger partial charge in [-0.3, -0.25) is 4.79 Å². The highest BCUT2D eigenvalue weighted by atomic mass is 32.2. The SMILES string of the molecule is CCC(N)CSCC(C(=O)O)c1ccccc1. The van der Waals surface area contributed by atoms with Gasteiger partial charge in [0.25, 0.3) is 0 Å². The van der Waals surface area contributed by atoms with Crippen molar-refractivity contribution in [1.29, 1.82) is 0 Å². The molecule has 2 unspecified atom stereocenters. The molecule has 1 rings (SSSR count). The summed E-state index contributed by atoms with van der Waals surface area (Å²) in [6.07, 6.45) is 0.927. The molecule has 0 aliphatic heterocycles. The van der Waals surface area contributed by atoms with Crippen molar-refractivity contribution in [3.8, 4) is 0 Å². The Hall–Kier alpha value is -1.00. The summed E-state index contributed by atoms with van der Waals surface area (Å²) < 4.78 is 0. The normalized spacial score (nSPS) is 14.2. The molecule has 4 heteroatoms. The lowest BCUT2D eigenvalue weighted by atomic mass is 10.0. The molecule has 0 radical (unpaired) electrons. The van der Waals surface area contributed by atoms with Crippen LogP contribution in [-0.4, -0.2) is 28.6 Å². The zero-order chi connectivity index (χ0) is 12.7. The van der Waals surface area contributed by atoms with Crippen LogP contribution in [0.15, 0.2) is 30.3 Å². The zero-order valence-electron chi connectivity index (χ0n) is 10.0. The Morgan fingerprint density at radius 1 is 1.35 bits per heavy atom. The predicted octanol–water partition coefficient (Wildman–Crippen LogP) is 2.33. The first-order valence-electron chi connectivity index (χ1n) is 5.76. The molecule has 0 aliphatic rings. The number of hydrogen-bond donors (Lipinski definition) is 2. The van der Waals surface area contributed by atoms with E-state index in [1.54, 1.807) is 11.8 Å². The fourth-order valence-corrected chi connectivity index (χ4v) is 2.70. The summed E-state index contributed by atoms with van der Waals surface area (Å²) in [6, 6.07) is 9.51. The quantitative estimate of drug-likeness (QED) is 0.783. The maximum absolute atomic E-state index is 11.2. The van der Waals surface area contributed by atoms with Crippen LogP contribution in [0, 0.1) is 0 Å². The van der Waals surface area contributed by atoms with Crippen molar-refractivity contribution < 1.29 is 9.90 Å². The van der Waals surface area contributed by atoms with Gasteiger partial charge in [-0.2, -0.15) is 11.8 Å². The summed E-state index contributed by atoms with van der Waals surface area (Å²) in [5, 5.41) is 9.20. The smallest absolute Gasteiger partial charge is 0.311 e. The van der Waals surface area contributed by atoms with Crippen LogP contribution < -0.4 is 5.73 Å². The molecule has 0 spiro atoms. The number of carboxylic acids is 1. The first-order chi connectivity index (χ1) is 8.15. The molecule has 17 heavy (non-hydrogen) atoms.